The molecule has 172 valence electrons. The molecule has 4 N–H and O–H groups in total. The molecule has 9 heteroatoms. The van der Waals surface area contributed by atoms with E-state index in [4.69, 9.17) is 27.4 Å². The summed E-state index contributed by atoms with van der Waals surface area (Å²) in [5.41, 5.74) is 7.58. The molecular formula is C23H29N3O4S2. The van der Waals surface area contributed by atoms with Gasteiger partial charge < -0.3 is 20.5 Å². The van der Waals surface area contributed by atoms with E-state index in [1.807, 2.05) is 0 Å². The monoisotopic (exact) mass is 475 g/mol. The molecule has 0 radical (unpaired) electrons. The predicted octanol–water partition coefficient (Wildman–Crippen LogP) is 4.14. The molecule has 0 saturated carbocycles. The molecule has 3 rings (SSSR count). The van der Waals surface area contributed by atoms with Gasteiger partial charge in [0.15, 0.2) is 5.11 Å². The number of ether oxygens (including phenoxy) is 2. The van der Waals surface area contributed by atoms with Crippen LogP contribution in [0.3, 0.4) is 0 Å². The number of anilines is 1. The van der Waals surface area contributed by atoms with Crippen molar-refractivity contribution in [1.29, 1.82) is 0 Å². The molecule has 7 nitrogen and oxygen atoms in total. The van der Waals surface area contributed by atoms with Gasteiger partial charge in [0.05, 0.1) is 19.8 Å². The Kier molecular flexibility index (Phi) is 7.09. The van der Waals surface area contributed by atoms with Gasteiger partial charge >= 0.3 is 0 Å². The minimum absolute atomic E-state index is 0.0661. The number of hydrogen-bond acceptors (Lipinski definition) is 6. The van der Waals surface area contributed by atoms with E-state index >= 15 is 0 Å². The molecule has 1 aromatic carbocycles. The van der Waals surface area contributed by atoms with Crippen LogP contribution in [0.2, 0.25) is 0 Å². The van der Waals surface area contributed by atoms with Crippen LogP contribution >= 0.6 is 23.6 Å². The highest BCUT2D eigenvalue weighted by Crippen LogP contribution is 2.44. The Morgan fingerprint density at radius 1 is 1.16 bits per heavy atom. The van der Waals surface area contributed by atoms with Gasteiger partial charge in [-0.15, -0.1) is 11.3 Å². The average Bonchev–Trinajstić information content (AvgIpc) is 3.09. The maximum atomic E-state index is 12.9. The number of thiocarbonyl (C=S) groups is 1. The van der Waals surface area contributed by atoms with Gasteiger partial charge in [0.1, 0.15) is 22.1 Å². The average molecular weight is 476 g/mol. The molecule has 0 aliphatic heterocycles. The summed E-state index contributed by atoms with van der Waals surface area (Å²) in [6, 6.07) is 5.06. The van der Waals surface area contributed by atoms with Gasteiger partial charge in [-0.3, -0.25) is 14.9 Å². The van der Waals surface area contributed by atoms with Crippen LogP contribution in [-0.4, -0.2) is 31.1 Å². The molecule has 2 aromatic rings. The number of carbonyl (C=O) groups is 2. The van der Waals surface area contributed by atoms with E-state index < -0.39 is 11.8 Å². The van der Waals surface area contributed by atoms with Crippen LogP contribution in [0.1, 0.15) is 58.3 Å². The predicted molar refractivity (Wildman–Crippen MR) is 131 cm³/mol. The molecule has 1 aromatic heterocycles. The lowest BCUT2D eigenvalue weighted by Crippen LogP contribution is -2.35. The number of nitrogens with two attached hydrogens (primary N) is 1. The van der Waals surface area contributed by atoms with Gasteiger partial charge in [-0.2, -0.15) is 0 Å². The second-order valence-electron chi connectivity index (χ2n) is 8.82. The Morgan fingerprint density at radius 3 is 2.31 bits per heavy atom. The van der Waals surface area contributed by atoms with Crippen molar-refractivity contribution in [3.63, 3.8) is 0 Å². The summed E-state index contributed by atoms with van der Waals surface area (Å²) in [4.78, 5) is 26.3. The van der Waals surface area contributed by atoms with Gasteiger partial charge in [-0.25, -0.2) is 0 Å². The number of nitrogens with one attached hydrogen (secondary N) is 2. The first-order valence-electron chi connectivity index (χ1n) is 10.3. The second kappa shape index (κ2) is 9.46. The van der Waals surface area contributed by atoms with E-state index in [9.17, 15) is 9.59 Å². The fourth-order valence-corrected chi connectivity index (χ4v) is 5.65. The number of amides is 2. The summed E-state index contributed by atoms with van der Waals surface area (Å²) < 4.78 is 10.6. The Hall–Kier alpha value is -2.65. The third kappa shape index (κ3) is 4.88. The zero-order chi connectivity index (χ0) is 23.6. The molecule has 32 heavy (non-hydrogen) atoms. The first-order chi connectivity index (χ1) is 15.1. The molecule has 1 heterocycles. The summed E-state index contributed by atoms with van der Waals surface area (Å²) in [5.74, 6) is 0.266. The Bertz CT molecular complexity index is 1030. The molecule has 0 fully saturated rings. The first-order valence-corrected chi connectivity index (χ1v) is 11.6. The normalized spacial score (nSPS) is 15.5. The van der Waals surface area contributed by atoms with E-state index in [1.54, 1.807) is 18.2 Å². The molecule has 1 aliphatic carbocycles. The summed E-state index contributed by atoms with van der Waals surface area (Å²) >= 11 is 6.85. The molecule has 0 saturated heterocycles. The molecule has 1 unspecified atom stereocenters. The number of benzene rings is 1. The topological polar surface area (TPSA) is 103 Å². The third-order valence-electron chi connectivity index (χ3n) is 5.85. The number of primary amides is 1. The van der Waals surface area contributed by atoms with E-state index in [0.29, 0.717) is 28.0 Å². The molecule has 1 aliphatic rings. The second-order valence-corrected chi connectivity index (χ2v) is 10.3. The van der Waals surface area contributed by atoms with Crippen molar-refractivity contribution in [2.75, 3.05) is 19.5 Å². The van der Waals surface area contributed by atoms with Gasteiger partial charge in [-0.05, 0) is 60.5 Å². The van der Waals surface area contributed by atoms with Crippen molar-refractivity contribution < 1.29 is 19.1 Å². The number of methoxy groups -OCH3 is 2. The fraction of sp³-hybridized carbons (Fsp3) is 0.435. The summed E-state index contributed by atoms with van der Waals surface area (Å²) in [6.07, 6.45) is 2.69. The van der Waals surface area contributed by atoms with Gasteiger partial charge in [-0.1, -0.05) is 26.8 Å². The van der Waals surface area contributed by atoms with Crippen molar-refractivity contribution in [2.24, 2.45) is 17.1 Å². The smallest absolute Gasteiger partial charge is 0.264 e. The van der Waals surface area contributed by atoms with Crippen molar-refractivity contribution in [3.8, 4) is 11.5 Å². The van der Waals surface area contributed by atoms with E-state index in [-0.39, 0.29) is 16.1 Å². The van der Waals surface area contributed by atoms with Crippen LogP contribution in [0.25, 0.3) is 0 Å². The number of thiophene rings is 1. The minimum Gasteiger partial charge on any atom is -0.496 e. The molecule has 2 amide bonds. The standard InChI is InChI=1S/C23H29N3O4S2/c1-23(2,3)12-9-10-13-16(11-12)32-21(17(13)19(24)27)26-22(31)25-20(28)18-14(29-4)7-6-8-15(18)30-5/h6-8,12H,9-11H2,1-5H3,(H2,24,27)(H2,25,26,28,31). The summed E-state index contributed by atoms with van der Waals surface area (Å²) in [7, 11) is 2.95. The largest absolute Gasteiger partial charge is 0.496 e. The van der Waals surface area contributed by atoms with Crippen molar-refractivity contribution in [3.05, 3.63) is 39.8 Å². The highest BCUT2D eigenvalue weighted by atomic mass is 32.1. The van der Waals surface area contributed by atoms with Crippen LogP contribution in [0, 0.1) is 11.3 Å². The van der Waals surface area contributed by atoms with Crippen molar-refractivity contribution in [2.45, 2.75) is 40.0 Å². The number of rotatable bonds is 5. The minimum atomic E-state index is -0.500. The zero-order valence-corrected chi connectivity index (χ0v) is 20.6. The Labute approximate surface area is 197 Å². The lowest BCUT2D eigenvalue weighted by molar-refractivity contribution is 0.0969. The highest BCUT2D eigenvalue weighted by molar-refractivity contribution is 7.80. The van der Waals surface area contributed by atoms with Gasteiger partial charge in [0.2, 0.25) is 0 Å². The fourth-order valence-electron chi connectivity index (χ4n) is 4.05. The van der Waals surface area contributed by atoms with Crippen LogP contribution in [0.15, 0.2) is 18.2 Å². The first kappa shape index (κ1) is 24.0. The van der Waals surface area contributed by atoms with Gasteiger partial charge in [0, 0.05) is 4.88 Å². The van der Waals surface area contributed by atoms with Gasteiger partial charge in [0.25, 0.3) is 11.8 Å². The lowest BCUT2D eigenvalue weighted by Gasteiger charge is -2.33. The Morgan fingerprint density at radius 2 is 1.78 bits per heavy atom. The number of carbonyl (C=O) groups excluding carboxylic acids is 2. The third-order valence-corrected chi connectivity index (χ3v) is 7.22. The van der Waals surface area contributed by atoms with E-state index in [0.717, 1.165) is 29.7 Å². The number of hydrogen-bond donors (Lipinski definition) is 3. The molecule has 0 spiro atoms. The Balaban J connectivity index is 1.83. The zero-order valence-electron chi connectivity index (χ0n) is 19.0. The molecular weight excluding hydrogens is 446 g/mol. The van der Waals surface area contributed by atoms with Crippen LogP contribution in [0.4, 0.5) is 5.00 Å². The maximum Gasteiger partial charge on any atom is 0.264 e. The van der Waals surface area contributed by atoms with Crippen molar-refractivity contribution >= 4 is 45.5 Å². The van der Waals surface area contributed by atoms with E-state index in [1.165, 1.54) is 25.6 Å². The summed E-state index contributed by atoms with van der Waals surface area (Å²) in [5, 5.41) is 6.29. The summed E-state index contributed by atoms with van der Waals surface area (Å²) in [6.45, 7) is 6.71. The maximum absolute atomic E-state index is 12.9. The number of fused-ring (bicyclic) bond motifs is 1. The SMILES string of the molecule is COc1cccc(OC)c1C(=O)NC(=S)Nc1sc2c(c1C(N)=O)CCC(C(C)(C)C)C2. The van der Waals surface area contributed by atoms with Crippen molar-refractivity contribution in [1.82, 2.24) is 5.32 Å². The quantitative estimate of drug-likeness (QED) is 0.562. The van der Waals surface area contributed by atoms with Crippen LogP contribution in [0.5, 0.6) is 11.5 Å². The molecule has 1 atom stereocenters. The van der Waals surface area contributed by atoms with Crippen LogP contribution in [-0.2, 0) is 12.8 Å². The molecule has 0 bridgehead atoms. The van der Waals surface area contributed by atoms with Crippen LogP contribution < -0.4 is 25.8 Å². The highest BCUT2D eigenvalue weighted by Gasteiger charge is 2.33. The lowest BCUT2D eigenvalue weighted by atomic mass is 9.72. The van der Waals surface area contributed by atoms with E-state index in [2.05, 4.69) is 31.4 Å².